The highest BCUT2D eigenvalue weighted by Crippen LogP contribution is 2.38. The first kappa shape index (κ1) is 58.8. The van der Waals surface area contributed by atoms with Crippen LogP contribution < -0.4 is 4.89 Å². The van der Waals surface area contributed by atoms with E-state index in [4.69, 9.17) is 18.5 Å². The van der Waals surface area contributed by atoms with Gasteiger partial charge in [0.2, 0.25) is 0 Å². The van der Waals surface area contributed by atoms with Crippen molar-refractivity contribution in [1.29, 1.82) is 0 Å². The molecule has 0 aliphatic carbocycles. The minimum atomic E-state index is -4.62. The van der Waals surface area contributed by atoms with E-state index in [1.807, 2.05) is 21.1 Å². The number of quaternary nitrogens is 1. The molecule has 0 radical (unpaired) electrons. The average Bonchev–Trinajstić information content (AvgIpc) is 3.20. The molecule has 2 atom stereocenters. The van der Waals surface area contributed by atoms with E-state index in [9.17, 15) is 19.0 Å². The van der Waals surface area contributed by atoms with Gasteiger partial charge in [0.25, 0.3) is 7.82 Å². The van der Waals surface area contributed by atoms with Gasteiger partial charge in [-0.2, -0.15) is 0 Å². The zero-order valence-corrected chi connectivity index (χ0v) is 41.1. The second-order valence-corrected chi connectivity index (χ2v) is 20.0. The van der Waals surface area contributed by atoms with Crippen molar-refractivity contribution in [2.75, 3.05) is 47.5 Å². The van der Waals surface area contributed by atoms with Crippen LogP contribution in [-0.4, -0.2) is 70.0 Å². The third-order valence-corrected chi connectivity index (χ3v) is 12.2. The van der Waals surface area contributed by atoms with Gasteiger partial charge in [-0.25, -0.2) is 0 Å². The number of carbonyl (C=O) groups excluding carboxylic acids is 2. The zero-order valence-electron chi connectivity index (χ0n) is 40.2. The average molecular weight is 872 g/mol. The summed E-state index contributed by atoms with van der Waals surface area (Å²) in [7, 11) is 1.17. The molecule has 0 bridgehead atoms. The van der Waals surface area contributed by atoms with Gasteiger partial charge < -0.3 is 27.9 Å². The van der Waals surface area contributed by atoms with Crippen LogP contribution in [0.2, 0.25) is 0 Å². The van der Waals surface area contributed by atoms with Crippen LogP contribution in [0.1, 0.15) is 245 Å². The van der Waals surface area contributed by atoms with Crippen LogP contribution in [0.4, 0.5) is 0 Å². The number of nitrogens with zero attached hydrogens (tertiary/aromatic N) is 1. The summed E-state index contributed by atoms with van der Waals surface area (Å²) in [6, 6.07) is 0. The predicted molar refractivity (Wildman–Crippen MR) is 250 cm³/mol. The molecule has 356 valence electrons. The standard InChI is InChI=1S/C50H98NO8P/c1-6-8-10-12-14-16-18-20-22-23-24-25-26-27-28-29-31-32-34-36-38-40-42-49(52)56-46-48(47-58-60(54,55)57-45-44-51(3,4)5)59-50(53)43-41-39-37-35-33-30-21-19-17-15-13-11-9-7-2/h19,21,48H,6-18,20,22-47H2,1-5H3/b21-19-. The minimum absolute atomic E-state index is 0.0291. The summed E-state index contributed by atoms with van der Waals surface area (Å²) in [5.74, 6) is -0.830. The van der Waals surface area contributed by atoms with Crippen molar-refractivity contribution in [2.24, 2.45) is 0 Å². The molecule has 0 amide bonds. The molecule has 0 N–H and O–H groups in total. The molecule has 0 saturated carbocycles. The number of phosphoric ester groups is 1. The van der Waals surface area contributed by atoms with Crippen LogP contribution >= 0.6 is 7.82 Å². The summed E-state index contributed by atoms with van der Waals surface area (Å²) in [6.07, 6.45) is 46.7. The number of esters is 2. The van der Waals surface area contributed by atoms with Crippen molar-refractivity contribution >= 4 is 19.8 Å². The molecule has 0 heterocycles. The van der Waals surface area contributed by atoms with Gasteiger partial charge in [-0.3, -0.25) is 14.2 Å². The Kier molecular flexibility index (Phi) is 42.1. The number of allylic oxidation sites excluding steroid dienone is 2. The smallest absolute Gasteiger partial charge is 0.306 e. The lowest BCUT2D eigenvalue weighted by Gasteiger charge is -2.28. The topological polar surface area (TPSA) is 111 Å². The molecule has 2 unspecified atom stereocenters. The van der Waals surface area contributed by atoms with Gasteiger partial charge >= 0.3 is 11.9 Å². The Hall–Kier alpha value is -1.25. The lowest BCUT2D eigenvalue weighted by Crippen LogP contribution is -2.37. The maximum absolute atomic E-state index is 12.7. The maximum atomic E-state index is 12.7. The van der Waals surface area contributed by atoms with Gasteiger partial charge in [0, 0.05) is 12.8 Å². The summed E-state index contributed by atoms with van der Waals surface area (Å²) >= 11 is 0. The van der Waals surface area contributed by atoms with Crippen LogP contribution in [0.5, 0.6) is 0 Å². The number of hydrogen-bond donors (Lipinski definition) is 0. The Morgan fingerprint density at radius 1 is 0.500 bits per heavy atom. The van der Waals surface area contributed by atoms with Crippen molar-refractivity contribution in [3.8, 4) is 0 Å². The molecular weight excluding hydrogens is 774 g/mol. The Balaban J connectivity index is 4.18. The molecule has 0 rings (SSSR count). The quantitative estimate of drug-likeness (QED) is 0.0195. The number of carbonyl (C=O) groups is 2. The summed E-state index contributed by atoms with van der Waals surface area (Å²) in [6.45, 7) is 4.25. The Bertz CT molecular complexity index is 1030. The first-order chi connectivity index (χ1) is 29.0. The van der Waals surface area contributed by atoms with Crippen LogP contribution in [0, 0.1) is 0 Å². The molecule has 0 fully saturated rings. The number of likely N-dealkylation sites (N-methyl/N-ethyl adjacent to an activating group) is 1. The number of hydrogen-bond acceptors (Lipinski definition) is 8. The second-order valence-electron chi connectivity index (χ2n) is 18.5. The Morgan fingerprint density at radius 2 is 0.850 bits per heavy atom. The lowest BCUT2D eigenvalue weighted by molar-refractivity contribution is -0.870. The monoisotopic (exact) mass is 872 g/mol. The SMILES string of the molecule is CCCCCCC/C=C\CCCCCCCC(=O)OC(COC(=O)CCCCCCCCCCCCCCCCCCCCCCCC)COP(=O)([O-])OCC[N+](C)(C)C. The normalized spacial score (nSPS) is 13.5. The molecule has 60 heavy (non-hydrogen) atoms. The number of phosphoric acid groups is 1. The van der Waals surface area contributed by atoms with Gasteiger partial charge in [0.05, 0.1) is 27.7 Å². The van der Waals surface area contributed by atoms with Crippen LogP contribution in [-0.2, 0) is 32.7 Å². The van der Waals surface area contributed by atoms with Crippen LogP contribution in [0.25, 0.3) is 0 Å². The van der Waals surface area contributed by atoms with E-state index < -0.39 is 26.5 Å². The third-order valence-electron chi connectivity index (χ3n) is 11.3. The van der Waals surface area contributed by atoms with Crippen molar-refractivity contribution < 1.29 is 42.1 Å². The fourth-order valence-corrected chi connectivity index (χ4v) is 8.03. The van der Waals surface area contributed by atoms with E-state index >= 15 is 0 Å². The summed E-state index contributed by atoms with van der Waals surface area (Å²) in [5.41, 5.74) is 0. The first-order valence-corrected chi connectivity index (χ1v) is 26.9. The highest BCUT2D eigenvalue weighted by Gasteiger charge is 2.21. The number of rotatable bonds is 47. The third kappa shape index (κ3) is 46.3. The lowest BCUT2D eigenvalue weighted by atomic mass is 10.0. The van der Waals surface area contributed by atoms with Crippen LogP contribution in [0.15, 0.2) is 12.2 Å². The molecule has 0 aromatic rings. The summed E-state index contributed by atoms with van der Waals surface area (Å²) in [5, 5.41) is 0. The fourth-order valence-electron chi connectivity index (χ4n) is 7.30. The van der Waals surface area contributed by atoms with E-state index in [-0.39, 0.29) is 32.0 Å². The number of unbranched alkanes of at least 4 members (excludes halogenated alkanes) is 31. The largest absolute Gasteiger partial charge is 0.756 e. The van der Waals surface area contributed by atoms with E-state index in [2.05, 4.69) is 26.0 Å². The maximum Gasteiger partial charge on any atom is 0.306 e. The summed E-state index contributed by atoms with van der Waals surface area (Å²) in [4.78, 5) is 37.6. The second kappa shape index (κ2) is 43.0. The predicted octanol–water partition coefficient (Wildman–Crippen LogP) is 14.3. The molecule has 0 aliphatic heterocycles. The molecule has 0 aromatic heterocycles. The van der Waals surface area contributed by atoms with Crippen molar-refractivity contribution in [3.63, 3.8) is 0 Å². The molecule has 0 spiro atoms. The van der Waals surface area contributed by atoms with Gasteiger partial charge in [0.15, 0.2) is 6.10 Å². The Labute approximate surface area is 371 Å². The highest BCUT2D eigenvalue weighted by atomic mass is 31.2. The van der Waals surface area contributed by atoms with Crippen LogP contribution in [0.3, 0.4) is 0 Å². The molecule has 0 aliphatic rings. The number of ether oxygens (including phenoxy) is 2. The fraction of sp³-hybridized carbons (Fsp3) is 0.920. The highest BCUT2D eigenvalue weighted by molar-refractivity contribution is 7.45. The first-order valence-electron chi connectivity index (χ1n) is 25.4. The summed E-state index contributed by atoms with van der Waals surface area (Å²) < 4.78 is 34.0. The molecule has 0 aromatic carbocycles. The van der Waals surface area contributed by atoms with Gasteiger partial charge in [0.1, 0.15) is 19.8 Å². The van der Waals surface area contributed by atoms with E-state index in [1.165, 1.54) is 161 Å². The minimum Gasteiger partial charge on any atom is -0.756 e. The van der Waals surface area contributed by atoms with Gasteiger partial charge in [-0.1, -0.05) is 206 Å². The van der Waals surface area contributed by atoms with Gasteiger partial charge in [-0.15, -0.1) is 0 Å². The molecular formula is C50H98NO8P. The van der Waals surface area contributed by atoms with E-state index in [0.717, 1.165) is 51.4 Å². The van der Waals surface area contributed by atoms with Crippen molar-refractivity contribution in [3.05, 3.63) is 12.2 Å². The van der Waals surface area contributed by atoms with E-state index in [1.54, 1.807) is 0 Å². The molecule has 0 saturated heterocycles. The molecule has 10 heteroatoms. The van der Waals surface area contributed by atoms with Crippen molar-refractivity contribution in [1.82, 2.24) is 0 Å². The zero-order chi connectivity index (χ0) is 44.3. The van der Waals surface area contributed by atoms with Crippen molar-refractivity contribution in [2.45, 2.75) is 251 Å². The molecule has 9 nitrogen and oxygen atoms in total. The van der Waals surface area contributed by atoms with E-state index in [0.29, 0.717) is 17.4 Å². The van der Waals surface area contributed by atoms with Gasteiger partial charge in [-0.05, 0) is 38.5 Å². The Morgan fingerprint density at radius 3 is 1.23 bits per heavy atom.